The van der Waals surface area contributed by atoms with Crippen molar-refractivity contribution in [2.45, 2.75) is 76.8 Å². The second kappa shape index (κ2) is 6.30. The van der Waals surface area contributed by atoms with Gasteiger partial charge in [-0.3, -0.25) is 4.68 Å². The van der Waals surface area contributed by atoms with Crippen LogP contribution in [0.4, 0.5) is 0 Å². The first-order valence-corrected chi connectivity index (χ1v) is 8.52. The largest absolute Gasteiger partial charge is 0.327 e. The molecule has 2 fully saturated rings. The fourth-order valence-corrected chi connectivity index (χ4v) is 4.06. The van der Waals surface area contributed by atoms with Gasteiger partial charge in [0.2, 0.25) is 0 Å². The van der Waals surface area contributed by atoms with E-state index in [-0.39, 0.29) is 0 Å². The van der Waals surface area contributed by atoms with Gasteiger partial charge in [0, 0.05) is 12.2 Å². The molecule has 1 aromatic rings. The highest BCUT2D eigenvalue weighted by Crippen LogP contribution is 2.31. The van der Waals surface area contributed by atoms with Crippen molar-refractivity contribution in [1.29, 1.82) is 0 Å². The summed E-state index contributed by atoms with van der Waals surface area (Å²) in [5.74, 6) is 1.47. The number of aromatic nitrogens is 2. The first-order valence-electron chi connectivity index (χ1n) is 8.52. The van der Waals surface area contributed by atoms with Gasteiger partial charge in [-0.05, 0) is 56.4 Å². The Morgan fingerprint density at radius 2 is 2.00 bits per heavy atom. The lowest BCUT2D eigenvalue weighted by molar-refractivity contribution is 0.242. The molecule has 1 aromatic heterocycles. The van der Waals surface area contributed by atoms with Crippen molar-refractivity contribution in [2.24, 2.45) is 17.6 Å². The third kappa shape index (κ3) is 3.25. The third-order valence-electron chi connectivity index (χ3n) is 5.39. The van der Waals surface area contributed by atoms with Gasteiger partial charge in [0.15, 0.2) is 0 Å². The van der Waals surface area contributed by atoms with Crippen LogP contribution < -0.4 is 5.73 Å². The third-order valence-corrected chi connectivity index (χ3v) is 5.39. The van der Waals surface area contributed by atoms with E-state index in [9.17, 15) is 0 Å². The van der Waals surface area contributed by atoms with E-state index < -0.39 is 0 Å². The number of nitrogens with two attached hydrogens (primary N) is 1. The molecule has 20 heavy (non-hydrogen) atoms. The van der Waals surface area contributed by atoms with Crippen LogP contribution in [0.15, 0.2) is 12.3 Å². The van der Waals surface area contributed by atoms with E-state index in [1.54, 1.807) is 0 Å². The van der Waals surface area contributed by atoms with E-state index in [2.05, 4.69) is 23.9 Å². The molecule has 0 aromatic carbocycles. The average Bonchev–Trinajstić information content (AvgIpc) is 2.92. The summed E-state index contributed by atoms with van der Waals surface area (Å²) in [6, 6.07) is 3.25. The summed E-state index contributed by atoms with van der Waals surface area (Å²) in [7, 11) is 0. The van der Waals surface area contributed by atoms with Crippen LogP contribution in [-0.4, -0.2) is 15.8 Å². The molecule has 2 aliphatic carbocycles. The normalized spacial score (nSPS) is 32.4. The topological polar surface area (TPSA) is 43.8 Å². The maximum Gasteiger partial charge on any atom is 0.0628 e. The highest BCUT2D eigenvalue weighted by atomic mass is 15.3. The minimum atomic E-state index is 0.381. The van der Waals surface area contributed by atoms with Gasteiger partial charge in [-0.2, -0.15) is 5.10 Å². The molecule has 0 radical (unpaired) electrons. The second-order valence-electron chi connectivity index (χ2n) is 7.13. The van der Waals surface area contributed by atoms with E-state index in [1.807, 2.05) is 0 Å². The van der Waals surface area contributed by atoms with E-state index in [1.165, 1.54) is 57.1 Å². The van der Waals surface area contributed by atoms with Gasteiger partial charge in [0.1, 0.15) is 0 Å². The molecule has 3 atom stereocenters. The molecule has 1 heterocycles. The van der Waals surface area contributed by atoms with Crippen LogP contribution in [0, 0.1) is 11.8 Å². The zero-order chi connectivity index (χ0) is 13.9. The monoisotopic (exact) mass is 275 g/mol. The van der Waals surface area contributed by atoms with E-state index in [0.717, 1.165) is 12.3 Å². The molecule has 3 nitrogen and oxygen atoms in total. The molecule has 0 aliphatic heterocycles. The van der Waals surface area contributed by atoms with Crippen molar-refractivity contribution >= 4 is 0 Å². The number of rotatable bonds is 3. The van der Waals surface area contributed by atoms with Crippen LogP contribution in [0.2, 0.25) is 0 Å². The van der Waals surface area contributed by atoms with Crippen molar-refractivity contribution in [2.75, 3.05) is 0 Å². The van der Waals surface area contributed by atoms with Crippen molar-refractivity contribution in [1.82, 2.24) is 9.78 Å². The maximum atomic E-state index is 6.30. The Balaban J connectivity index is 1.61. The summed E-state index contributed by atoms with van der Waals surface area (Å²) in [5.41, 5.74) is 7.56. The highest BCUT2D eigenvalue weighted by Gasteiger charge is 2.27. The van der Waals surface area contributed by atoms with Crippen LogP contribution >= 0.6 is 0 Å². The summed E-state index contributed by atoms with van der Waals surface area (Å²) in [6.45, 7) is 2.36. The van der Waals surface area contributed by atoms with Crippen LogP contribution in [0.1, 0.15) is 70.0 Å². The predicted molar refractivity (Wildman–Crippen MR) is 82.5 cm³/mol. The molecular weight excluding hydrogens is 246 g/mol. The van der Waals surface area contributed by atoms with Gasteiger partial charge in [0.05, 0.1) is 11.7 Å². The quantitative estimate of drug-likeness (QED) is 0.914. The minimum absolute atomic E-state index is 0.381. The average molecular weight is 275 g/mol. The van der Waals surface area contributed by atoms with Crippen LogP contribution in [-0.2, 0) is 6.42 Å². The molecular formula is C17H29N3. The zero-order valence-corrected chi connectivity index (χ0v) is 12.8. The molecule has 3 rings (SSSR count). The first-order chi connectivity index (χ1) is 9.72. The van der Waals surface area contributed by atoms with Crippen molar-refractivity contribution < 1.29 is 0 Å². The molecule has 0 amide bonds. The number of nitrogens with zero attached hydrogens (tertiary/aromatic N) is 2. The molecule has 0 spiro atoms. The van der Waals surface area contributed by atoms with Crippen molar-refractivity contribution in [3.05, 3.63) is 18.0 Å². The van der Waals surface area contributed by atoms with Gasteiger partial charge >= 0.3 is 0 Å². The summed E-state index contributed by atoms with van der Waals surface area (Å²) in [6.07, 6.45) is 13.8. The Bertz CT molecular complexity index is 420. The lowest BCUT2D eigenvalue weighted by Crippen LogP contribution is -2.36. The highest BCUT2D eigenvalue weighted by molar-refractivity contribution is 5.03. The minimum Gasteiger partial charge on any atom is -0.327 e. The van der Waals surface area contributed by atoms with Gasteiger partial charge in [-0.15, -0.1) is 0 Å². The lowest BCUT2D eigenvalue weighted by atomic mass is 9.77. The van der Waals surface area contributed by atoms with Crippen LogP contribution in [0.5, 0.6) is 0 Å². The number of hydrogen-bond acceptors (Lipinski definition) is 2. The molecule has 2 saturated carbocycles. The SMILES string of the molecule is CC1CCC(N)C(Cc2ccn(C3CCCCC3)n2)C1. The Labute approximate surface area is 122 Å². The molecule has 2 N–H and O–H groups in total. The molecule has 112 valence electrons. The first kappa shape index (κ1) is 14.1. The van der Waals surface area contributed by atoms with Gasteiger partial charge in [0.25, 0.3) is 0 Å². The van der Waals surface area contributed by atoms with Gasteiger partial charge < -0.3 is 5.73 Å². The molecule has 2 aliphatic rings. The molecule has 0 saturated heterocycles. The Kier molecular flexibility index (Phi) is 4.45. The summed E-state index contributed by atoms with van der Waals surface area (Å²) >= 11 is 0. The van der Waals surface area contributed by atoms with Crippen molar-refractivity contribution in [3.63, 3.8) is 0 Å². The fourth-order valence-electron chi connectivity index (χ4n) is 4.06. The van der Waals surface area contributed by atoms with E-state index in [4.69, 9.17) is 10.8 Å². The predicted octanol–water partition coefficient (Wildman–Crippen LogP) is 3.69. The van der Waals surface area contributed by atoms with Gasteiger partial charge in [-0.1, -0.05) is 26.2 Å². The number of hydrogen-bond donors (Lipinski definition) is 1. The van der Waals surface area contributed by atoms with E-state index in [0.29, 0.717) is 18.0 Å². The Morgan fingerprint density at radius 1 is 1.20 bits per heavy atom. The maximum absolute atomic E-state index is 6.30. The Morgan fingerprint density at radius 3 is 2.80 bits per heavy atom. The van der Waals surface area contributed by atoms with Crippen molar-refractivity contribution in [3.8, 4) is 0 Å². The Hall–Kier alpha value is -0.830. The summed E-state index contributed by atoms with van der Waals surface area (Å²) in [5, 5.41) is 4.85. The molecule has 3 unspecified atom stereocenters. The van der Waals surface area contributed by atoms with E-state index >= 15 is 0 Å². The van der Waals surface area contributed by atoms with Crippen LogP contribution in [0.25, 0.3) is 0 Å². The smallest absolute Gasteiger partial charge is 0.0628 e. The molecule has 0 bridgehead atoms. The fraction of sp³-hybridized carbons (Fsp3) is 0.824. The summed E-state index contributed by atoms with van der Waals surface area (Å²) in [4.78, 5) is 0. The summed E-state index contributed by atoms with van der Waals surface area (Å²) < 4.78 is 2.23. The van der Waals surface area contributed by atoms with Gasteiger partial charge in [-0.25, -0.2) is 0 Å². The molecule has 3 heteroatoms. The standard InChI is InChI=1S/C17H29N3/c1-13-7-8-17(18)14(11-13)12-15-9-10-20(19-15)16-5-3-2-4-6-16/h9-10,13-14,16-17H,2-8,11-12,18H2,1H3. The van der Waals surface area contributed by atoms with Crippen LogP contribution in [0.3, 0.4) is 0 Å². The lowest BCUT2D eigenvalue weighted by Gasteiger charge is -2.32. The zero-order valence-electron chi connectivity index (χ0n) is 12.8. The second-order valence-corrected chi connectivity index (χ2v) is 7.13.